The Bertz CT molecular complexity index is 424. The van der Waals surface area contributed by atoms with Gasteiger partial charge in [0.2, 0.25) is 0 Å². The van der Waals surface area contributed by atoms with Gasteiger partial charge in [0, 0.05) is 57.1 Å². The van der Waals surface area contributed by atoms with E-state index in [9.17, 15) is 0 Å². The maximum absolute atomic E-state index is 4.44. The highest BCUT2D eigenvalue weighted by Gasteiger charge is 2.35. The highest BCUT2D eigenvalue weighted by Crippen LogP contribution is 2.22. The van der Waals surface area contributed by atoms with Crippen LogP contribution in [0.1, 0.15) is 39.9 Å². The first-order valence-electron chi connectivity index (χ1n) is 7.88. The predicted molar refractivity (Wildman–Crippen MR) is 83.8 cm³/mol. The molecule has 1 aliphatic heterocycles. The van der Waals surface area contributed by atoms with Crippen LogP contribution in [-0.4, -0.2) is 45.7 Å². The minimum atomic E-state index is 0.231. The minimum Gasteiger partial charge on any atom is -0.338 e. The second-order valence-corrected chi connectivity index (χ2v) is 6.84. The van der Waals surface area contributed by atoms with Crippen molar-refractivity contribution in [2.75, 3.05) is 19.6 Å². The number of hydrogen-bond donors (Lipinski definition) is 1. The lowest BCUT2D eigenvalue weighted by atomic mass is 9.90. The van der Waals surface area contributed by atoms with Crippen LogP contribution in [0.25, 0.3) is 0 Å². The first kappa shape index (κ1) is 15.5. The number of nitrogens with one attached hydrogen (secondary N) is 1. The zero-order valence-corrected chi connectivity index (χ0v) is 13.7. The van der Waals surface area contributed by atoms with Gasteiger partial charge in [0.1, 0.15) is 5.82 Å². The Morgan fingerprint density at radius 2 is 2.25 bits per heavy atom. The van der Waals surface area contributed by atoms with E-state index >= 15 is 0 Å². The van der Waals surface area contributed by atoms with Crippen molar-refractivity contribution >= 4 is 0 Å². The van der Waals surface area contributed by atoms with E-state index in [0.717, 1.165) is 32.0 Å². The number of nitrogens with zero attached hydrogens (tertiary/aromatic N) is 3. The van der Waals surface area contributed by atoms with E-state index in [2.05, 4.69) is 54.5 Å². The first-order chi connectivity index (χ1) is 9.44. The quantitative estimate of drug-likeness (QED) is 0.895. The molecule has 2 rings (SSSR count). The Kier molecular flexibility index (Phi) is 4.86. The monoisotopic (exact) mass is 278 g/mol. The third-order valence-corrected chi connectivity index (χ3v) is 4.93. The second-order valence-electron chi connectivity index (χ2n) is 6.84. The molecule has 0 bridgehead atoms. The molecule has 0 radical (unpaired) electrons. The molecule has 0 spiro atoms. The standard InChI is InChI=1S/C16H30N4/c1-6-13(2)14-11-20(16(3,4)12-18-14)9-7-15-17-8-10-19(15)5/h8,10,13-14,18H,6-7,9,11-12H2,1-5H3. The van der Waals surface area contributed by atoms with Gasteiger partial charge in [0.15, 0.2) is 0 Å². The molecule has 1 fully saturated rings. The zero-order valence-electron chi connectivity index (χ0n) is 13.7. The summed E-state index contributed by atoms with van der Waals surface area (Å²) in [7, 11) is 2.08. The van der Waals surface area contributed by atoms with Gasteiger partial charge in [-0.15, -0.1) is 0 Å². The molecule has 2 heterocycles. The topological polar surface area (TPSA) is 33.1 Å². The number of imidazole rings is 1. The molecule has 1 N–H and O–H groups in total. The summed E-state index contributed by atoms with van der Waals surface area (Å²) in [6, 6.07) is 0.620. The maximum Gasteiger partial charge on any atom is 0.109 e. The molecule has 4 heteroatoms. The summed E-state index contributed by atoms with van der Waals surface area (Å²) in [4.78, 5) is 7.07. The fourth-order valence-electron chi connectivity index (χ4n) is 2.97. The van der Waals surface area contributed by atoms with Crippen molar-refractivity contribution in [2.24, 2.45) is 13.0 Å². The van der Waals surface area contributed by atoms with E-state index in [-0.39, 0.29) is 5.54 Å². The van der Waals surface area contributed by atoms with Gasteiger partial charge >= 0.3 is 0 Å². The van der Waals surface area contributed by atoms with Gasteiger partial charge in [-0.3, -0.25) is 4.90 Å². The van der Waals surface area contributed by atoms with Crippen molar-refractivity contribution < 1.29 is 0 Å². The Morgan fingerprint density at radius 3 is 2.85 bits per heavy atom. The van der Waals surface area contributed by atoms with Crippen molar-refractivity contribution in [3.05, 3.63) is 18.2 Å². The highest BCUT2D eigenvalue weighted by molar-refractivity contribution is 4.97. The van der Waals surface area contributed by atoms with Crippen LogP contribution in [0.15, 0.2) is 12.4 Å². The minimum absolute atomic E-state index is 0.231. The summed E-state index contributed by atoms with van der Waals surface area (Å²) in [5.74, 6) is 1.92. The summed E-state index contributed by atoms with van der Waals surface area (Å²) < 4.78 is 2.13. The molecule has 20 heavy (non-hydrogen) atoms. The van der Waals surface area contributed by atoms with Crippen molar-refractivity contribution in [3.8, 4) is 0 Å². The first-order valence-corrected chi connectivity index (χ1v) is 7.88. The van der Waals surface area contributed by atoms with Gasteiger partial charge in [-0.25, -0.2) is 4.98 Å². The lowest BCUT2D eigenvalue weighted by Gasteiger charge is -2.47. The summed E-state index contributed by atoms with van der Waals surface area (Å²) in [6.07, 6.45) is 6.19. The predicted octanol–water partition coefficient (Wildman–Crippen LogP) is 2.06. The fourth-order valence-corrected chi connectivity index (χ4v) is 2.97. The fraction of sp³-hybridized carbons (Fsp3) is 0.812. The van der Waals surface area contributed by atoms with E-state index < -0.39 is 0 Å². The number of rotatable bonds is 5. The van der Waals surface area contributed by atoms with Gasteiger partial charge in [-0.1, -0.05) is 20.3 Å². The lowest BCUT2D eigenvalue weighted by Crippen LogP contribution is -2.63. The highest BCUT2D eigenvalue weighted by atomic mass is 15.3. The summed E-state index contributed by atoms with van der Waals surface area (Å²) in [5.41, 5.74) is 0.231. The van der Waals surface area contributed by atoms with Crippen LogP contribution < -0.4 is 5.32 Å². The Morgan fingerprint density at radius 1 is 1.50 bits per heavy atom. The average Bonchev–Trinajstić information content (AvgIpc) is 2.82. The number of aryl methyl sites for hydroxylation is 1. The van der Waals surface area contributed by atoms with Crippen LogP contribution >= 0.6 is 0 Å². The molecular weight excluding hydrogens is 248 g/mol. The van der Waals surface area contributed by atoms with E-state index in [1.165, 1.54) is 12.2 Å². The van der Waals surface area contributed by atoms with Crippen LogP contribution in [0.5, 0.6) is 0 Å². The molecule has 0 saturated carbocycles. The van der Waals surface area contributed by atoms with Crippen LogP contribution in [0.2, 0.25) is 0 Å². The molecule has 1 aliphatic rings. The molecular formula is C16H30N4. The van der Waals surface area contributed by atoms with Crippen molar-refractivity contribution in [1.29, 1.82) is 0 Å². The molecule has 1 aromatic rings. The van der Waals surface area contributed by atoms with Crippen LogP contribution in [0.3, 0.4) is 0 Å². The van der Waals surface area contributed by atoms with Gasteiger partial charge in [0.25, 0.3) is 0 Å². The van der Waals surface area contributed by atoms with E-state index in [0.29, 0.717) is 6.04 Å². The molecule has 114 valence electrons. The van der Waals surface area contributed by atoms with Crippen LogP contribution in [0, 0.1) is 5.92 Å². The number of piperazine rings is 1. The molecule has 2 atom stereocenters. The second kappa shape index (κ2) is 6.27. The van der Waals surface area contributed by atoms with Crippen LogP contribution in [-0.2, 0) is 13.5 Å². The van der Waals surface area contributed by atoms with Gasteiger partial charge in [-0.05, 0) is 19.8 Å². The molecule has 0 amide bonds. The number of aromatic nitrogens is 2. The third kappa shape index (κ3) is 3.41. The third-order valence-electron chi connectivity index (χ3n) is 4.93. The Labute approximate surface area is 123 Å². The molecule has 1 saturated heterocycles. The lowest BCUT2D eigenvalue weighted by molar-refractivity contribution is 0.0524. The van der Waals surface area contributed by atoms with Crippen LogP contribution in [0.4, 0.5) is 0 Å². The largest absolute Gasteiger partial charge is 0.338 e. The van der Waals surface area contributed by atoms with E-state index in [1.807, 2.05) is 12.4 Å². The molecule has 0 aliphatic carbocycles. The Hall–Kier alpha value is -0.870. The summed E-state index contributed by atoms with van der Waals surface area (Å²) in [6.45, 7) is 12.6. The summed E-state index contributed by atoms with van der Waals surface area (Å²) in [5, 5.41) is 3.73. The normalized spacial score (nSPS) is 24.8. The maximum atomic E-state index is 4.44. The van der Waals surface area contributed by atoms with Crippen molar-refractivity contribution in [1.82, 2.24) is 19.8 Å². The van der Waals surface area contributed by atoms with Crippen molar-refractivity contribution in [3.63, 3.8) is 0 Å². The molecule has 1 aromatic heterocycles. The van der Waals surface area contributed by atoms with E-state index in [1.54, 1.807) is 0 Å². The van der Waals surface area contributed by atoms with Gasteiger partial charge < -0.3 is 9.88 Å². The van der Waals surface area contributed by atoms with E-state index in [4.69, 9.17) is 0 Å². The molecule has 0 aromatic carbocycles. The smallest absolute Gasteiger partial charge is 0.109 e. The van der Waals surface area contributed by atoms with Crippen molar-refractivity contribution in [2.45, 2.75) is 52.1 Å². The molecule has 2 unspecified atom stereocenters. The average molecular weight is 278 g/mol. The summed E-state index contributed by atoms with van der Waals surface area (Å²) >= 11 is 0. The Balaban J connectivity index is 1.97. The zero-order chi connectivity index (χ0) is 14.8. The van der Waals surface area contributed by atoms with Gasteiger partial charge in [-0.2, -0.15) is 0 Å². The number of hydrogen-bond acceptors (Lipinski definition) is 3. The molecule has 4 nitrogen and oxygen atoms in total. The SMILES string of the molecule is CCC(C)C1CN(CCc2nccn2C)C(C)(C)CN1. The van der Waals surface area contributed by atoms with Gasteiger partial charge in [0.05, 0.1) is 0 Å².